The van der Waals surface area contributed by atoms with Gasteiger partial charge in [0, 0.05) is 12.2 Å². The van der Waals surface area contributed by atoms with Gasteiger partial charge in [0.15, 0.2) is 0 Å². The van der Waals surface area contributed by atoms with Crippen LogP contribution in [-0.2, 0) is 19.1 Å². The van der Waals surface area contributed by atoms with E-state index >= 15 is 0 Å². The lowest BCUT2D eigenvalue weighted by molar-refractivity contribution is -0.160. The van der Waals surface area contributed by atoms with Gasteiger partial charge >= 0.3 is 11.9 Å². The summed E-state index contributed by atoms with van der Waals surface area (Å²) >= 11 is 0. The highest BCUT2D eigenvalue weighted by Crippen LogP contribution is 2.03. The molecule has 2 rings (SSSR count). The maximum absolute atomic E-state index is 11.3. The van der Waals surface area contributed by atoms with E-state index in [0.717, 1.165) is 0 Å². The molecule has 0 amide bonds. The number of ether oxygens (including phenoxy) is 2. The first kappa shape index (κ1) is 14.4. The zero-order valence-corrected chi connectivity index (χ0v) is 10.9. The third kappa shape index (κ3) is 5.23. The molecule has 0 bridgehead atoms. The van der Waals surface area contributed by atoms with E-state index in [9.17, 15) is 9.59 Å². The number of hydrogen-bond donors (Lipinski definition) is 0. The zero-order valence-electron chi connectivity index (χ0n) is 10.9. The summed E-state index contributed by atoms with van der Waals surface area (Å²) in [6, 6.07) is 6.75. The van der Waals surface area contributed by atoms with Crippen LogP contribution >= 0.6 is 0 Å². The summed E-state index contributed by atoms with van der Waals surface area (Å²) in [5.74, 6) is -0.251. The van der Waals surface area contributed by atoms with Crippen LogP contribution in [-0.4, -0.2) is 18.7 Å². The first-order chi connectivity index (χ1) is 10.2. The molecule has 0 aliphatic heterocycles. The molecule has 0 fully saturated rings. The average Bonchev–Trinajstić information content (AvgIpc) is 3.16. The van der Waals surface area contributed by atoms with Crippen molar-refractivity contribution in [3.05, 3.63) is 60.5 Å². The lowest BCUT2D eigenvalue weighted by Crippen LogP contribution is -2.09. The molecule has 0 saturated carbocycles. The van der Waals surface area contributed by atoms with Crippen LogP contribution in [0, 0.1) is 0 Å². The molecule has 0 spiro atoms. The fourth-order valence-corrected chi connectivity index (χ4v) is 1.31. The lowest BCUT2D eigenvalue weighted by Gasteiger charge is -2.01. The van der Waals surface area contributed by atoms with E-state index in [1.165, 1.54) is 36.8 Å². The molecule has 0 radical (unpaired) electrons. The van der Waals surface area contributed by atoms with Crippen LogP contribution in [0.2, 0.25) is 0 Å². The number of carbonyl (C=O) groups excluding carboxylic acids is 2. The Balaban J connectivity index is 1.66. The van der Waals surface area contributed by atoms with Crippen molar-refractivity contribution in [2.24, 2.45) is 0 Å². The van der Waals surface area contributed by atoms with Crippen LogP contribution in [0.5, 0.6) is 0 Å². The number of rotatable bonds is 6. The van der Waals surface area contributed by atoms with Gasteiger partial charge in [-0.25, -0.2) is 9.59 Å². The Labute approximate surface area is 120 Å². The van der Waals surface area contributed by atoms with Crippen LogP contribution in [0.25, 0.3) is 12.2 Å². The quantitative estimate of drug-likeness (QED) is 0.462. The number of carbonyl (C=O) groups is 2. The molecule has 0 N–H and O–H groups in total. The molecule has 2 aromatic rings. The Bertz CT molecular complexity index is 563. The van der Waals surface area contributed by atoms with Crippen LogP contribution in [0.3, 0.4) is 0 Å². The fraction of sp³-hybridized carbons (Fsp3) is 0.0667. The minimum absolute atomic E-state index is 0.470. The predicted molar refractivity (Wildman–Crippen MR) is 72.5 cm³/mol. The van der Waals surface area contributed by atoms with E-state index in [2.05, 4.69) is 9.47 Å². The monoisotopic (exact) mass is 288 g/mol. The van der Waals surface area contributed by atoms with Gasteiger partial charge in [-0.15, -0.1) is 0 Å². The molecule has 0 aromatic carbocycles. The summed E-state index contributed by atoms with van der Waals surface area (Å²) in [4.78, 5) is 22.6. The van der Waals surface area contributed by atoms with Crippen molar-refractivity contribution in [1.29, 1.82) is 0 Å². The summed E-state index contributed by atoms with van der Waals surface area (Å²) in [5.41, 5.74) is 0. The van der Waals surface area contributed by atoms with E-state index in [-0.39, 0.29) is 0 Å². The van der Waals surface area contributed by atoms with Gasteiger partial charge in [-0.1, -0.05) is 0 Å². The van der Waals surface area contributed by atoms with Gasteiger partial charge in [-0.3, -0.25) is 0 Å². The molecule has 0 atom stereocenters. The highest BCUT2D eigenvalue weighted by molar-refractivity contribution is 5.87. The molecule has 2 aromatic heterocycles. The second-order valence-electron chi connectivity index (χ2n) is 3.74. The Hall–Kier alpha value is -3.02. The van der Waals surface area contributed by atoms with Gasteiger partial charge in [0.2, 0.25) is 6.79 Å². The predicted octanol–water partition coefficient (Wildman–Crippen LogP) is 2.64. The van der Waals surface area contributed by atoms with E-state index < -0.39 is 18.7 Å². The molecule has 21 heavy (non-hydrogen) atoms. The topological polar surface area (TPSA) is 78.9 Å². The molecule has 0 saturated heterocycles. The van der Waals surface area contributed by atoms with Crippen molar-refractivity contribution >= 4 is 24.1 Å². The number of furan rings is 2. The third-order valence-electron chi connectivity index (χ3n) is 2.26. The third-order valence-corrected chi connectivity index (χ3v) is 2.26. The Morgan fingerprint density at radius 2 is 1.38 bits per heavy atom. The normalized spacial score (nSPS) is 11.0. The Kier molecular flexibility index (Phi) is 5.17. The smallest absolute Gasteiger partial charge is 0.333 e. The van der Waals surface area contributed by atoms with Crippen LogP contribution in [0.4, 0.5) is 0 Å². The van der Waals surface area contributed by atoms with Gasteiger partial charge in [0.1, 0.15) is 11.5 Å². The largest absolute Gasteiger partial charge is 0.465 e. The lowest BCUT2D eigenvalue weighted by atomic mass is 10.4. The van der Waals surface area contributed by atoms with Gasteiger partial charge in [0.05, 0.1) is 12.5 Å². The van der Waals surface area contributed by atoms with Crippen LogP contribution < -0.4 is 0 Å². The maximum Gasteiger partial charge on any atom is 0.333 e. The first-order valence-corrected chi connectivity index (χ1v) is 6.01. The summed E-state index contributed by atoms with van der Waals surface area (Å²) in [5, 5.41) is 0. The van der Waals surface area contributed by atoms with Gasteiger partial charge in [0.25, 0.3) is 0 Å². The molecule has 6 nitrogen and oxygen atoms in total. The standard InChI is InChI=1S/C15H12O6/c16-14(7-5-12-3-1-9-18-12)20-11-21-15(17)8-6-13-4-2-10-19-13/h1-10H,11H2. The summed E-state index contributed by atoms with van der Waals surface area (Å²) < 4.78 is 19.4. The first-order valence-electron chi connectivity index (χ1n) is 6.01. The Morgan fingerprint density at radius 1 is 0.905 bits per heavy atom. The summed E-state index contributed by atoms with van der Waals surface area (Å²) in [6.45, 7) is -0.470. The molecular formula is C15H12O6. The van der Waals surface area contributed by atoms with E-state index in [1.54, 1.807) is 24.3 Å². The second-order valence-corrected chi connectivity index (χ2v) is 3.74. The highest BCUT2D eigenvalue weighted by atomic mass is 16.7. The zero-order chi connectivity index (χ0) is 14.9. The minimum Gasteiger partial charge on any atom is -0.465 e. The molecule has 2 heterocycles. The van der Waals surface area contributed by atoms with Gasteiger partial charge in [-0.2, -0.15) is 0 Å². The van der Waals surface area contributed by atoms with Crippen molar-refractivity contribution in [3.8, 4) is 0 Å². The van der Waals surface area contributed by atoms with Crippen LogP contribution in [0.1, 0.15) is 11.5 Å². The maximum atomic E-state index is 11.3. The van der Waals surface area contributed by atoms with Crippen molar-refractivity contribution < 1.29 is 27.9 Å². The van der Waals surface area contributed by atoms with Crippen molar-refractivity contribution in [2.45, 2.75) is 0 Å². The van der Waals surface area contributed by atoms with E-state index in [4.69, 9.17) is 8.83 Å². The molecule has 108 valence electrons. The number of hydrogen-bond acceptors (Lipinski definition) is 6. The van der Waals surface area contributed by atoms with Gasteiger partial charge < -0.3 is 18.3 Å². The molecule has 0 aliphatic carbocycles. The van der Waals surface area contributed by atoms with Crippen molar-refractivity contribution in [1.82, 2.24) is 0 Å². The Morgan fingerprint density at radius 3 is 1.76 bits per heavy atom. The average molecular weight is 288 g/mol. The number of esters is 2. The molecule has 0 unspecified atom stereocenters. The molecular weight excluding hydrogens is 276 g/mol. The second kappa shape index (κ2) is 7.54. The van der Waals surface area contributed by atoms with E-state index in [1.807, 2.05) is 0 Å². The molecule has 0 aliphatic rings. The minimum atomic E-state index is -0.644. The van der Waals surface area contributed by atoms with E-state index in [0.29, 0.717) is 11.5 Å². The SMILES string of the molecule is O=C(C=Cc1ccco1)OCOC(=O)C=Cc1ccco1. The summed E-state index contributed by atoms with van der Waals surface area (Å²) in [7, 11) is 0. The van der Waals surface area contributed by atoms with Crippen LogP contribution in [0.15, 0.2) is 57.8 Å². The fourth-order valence-electron chi connectivity index (χ4n) is 1.31. The summed E-state index contributed by atoms with van der Waals surface area (Å²) in [6.07, 6.45) is 8.20. The van der Waals surface area contributed by atoms with Crippen molar-refractivity contribution in [3.63, 3.8) is 0 Å². The van der Waals surface area contributed by atoms with Gasteiger partial charge in [-0.05, 0) is 36.4 Å². The highest BCUT2D eigenvalue weighted by Gasteiger charge is 2.01. The molecule has 6 heteroatoms. The van der Waals surface area contributed by atoms with Crippen molar-refractivity contribution in [2.75, 3.05) is 6.79 Å².